The molecule has 1 unspecified atom stereocenters. The zero-order valence-corrected chi connectivity index (χ0v) is 16.2. The maximum atomic E-state index is 13.4. The molecule has 2 aromatic carbocycles. The van der Waals surface area contributed by atoms with Gasteiger partial charge in [0.1, 0.15) is 10.6 Å². The minimum atomic E-state index is -0.00796. The summed E-state index contributed by atoms with van der Waals surface area (Å²) < 4.78 is 9.38. The van der Waals surface area contributed by atoms with Crippen LogP contribution in [0.25, 0.3) is 0 Å². The third kappa shape index (κ3) is 3.32. The molecule has 3 aromatic rings. The van der Waals surface area contributed by atoms with Crippen LogP contribution in [0.3, 0.4) is 0 Å². The molecule has 2 heterocycles. The van der Waals surface area contributed by atoms with Gasteiger partial charge in [-0.1, -0.05) is 47.8 Å². The van der Waals surface area contributed by atoms with E-state index in [-0.39, 0.29) is 11.9 Å². The van der Waals surface area contributed by atoms with Crippen molar-refractivity contribution in [3.8, 4) is 5.75 Å². The van der Waals surface area contributed by atoms with E-state index in [2.05, 4.69) is 27.8 Å². The number of aryl methyl sites for hydroxylation is 1. The fraction of sp³-hybridized carbons (Fsp3) is 0.286. The molecule has 138 valence electrons. The number of ether oxygens (including phenoxy) is 1. The van der Waals surface area contributed by atoms with E-state index in [0.717, 1.165) is 29.0 Å². The molecule has 0 saturated heterocycles. The van der Waals surface area contributed by atoms with Crippen LogP contribution in [0, 0.1) is 0 Å². The lowest BCUT2D eigenvalue weighted by Crippen LogP contribution is -2.39. The van der Waals surface area contributed by atoms with E-state index < -0.39 is 0 Å². The van der Waals surface area contributed by atoms with Crippen LogP contribution >= 0.6 is 11.5 Å². The second-order valence-corrected chi connectivity index (χ2v) is 7.35. The van der Waals surface area contributed by atoms with Gasteiger partial charge >= 0.3 is 0 Å². The smallest absolute Gasteiger partial charge is 0.268 e. The van der Waals surface area contributed by atoms with Crippen LogP contribution in [0.1, 0.15) is 45.0 Å². The molecular formula is C21H21N3O2S. The van der Waals surface area contributed by atoms with E-state index in [9.17, 15) is 4.79 Å². The highest BCUT2D eigenvalue weighted by molar-refractivity contribution is 7.08. The Bertz CT molecular complexity index is 955. The van der Waals surface area contributed by atoms with Gasteiger partial charge < -0.3 is 9.64 Å². The van der Waals surface area contributed by atoms with Crippen molar-refractivity contribution in [1.82, 2.24) is 14.5 Å². The Morgan fingerprint density at radius 3 is 2.78 bits per heavy atom. The predicted molar refractivity (Wildman–Crippen MR) is 105 cm³/mol. The third-order valence-electron chi connectivity index (χ3n) is 5.07. The molecule has 5 nitrogen and oxygen atoms in total. The lowest BCUT2D eigenvalue weighted by Gasteiger charge is -2.37. The Kier molecular flexibility index (Phi) is 4.90. The first kappa shape index (κ1) is 17.7. The predicted octanol–water partition coefficient (Wildman–Crippen LogP) is 4.05. The van der Waals surface area contributed by atoms with E-state index >= 15 is 0 Å². The monoisotopic (exact) mass is 379 g/mol. The number of aromatic nitrogens is 2. The molecular weight excluding hydrogens is 358 g/mol. The fourth-order valence-corrected chi connectivity index (χ4v) is 4.31. The highest BCUT2D eigenvalue weighted by Crippen LogP contribution is 2.36. The number of hydrogen-bond donors (Lipinski definition) is 0. The molecule has 0 saturated carbocycles. The molecule has 4 rings (SSSR count). The van der Waals surface area contributed by atoms with Crippen molar-refractivity contribution >= 4 is 17.4 Å². The average molecular weight is 379 g/mol. The van der Waals surface area contributed by atoms with Crippen molar-refractivity contribution in [2.75, 3.05) is 7.11 Å². The largest absolute Gasteiger partial charge is 0.497 e. The zero-order valence-electron chi connectivity index (χ0n) is 15.4. The second kappa shape index (κ2) is 7.48. The summed E-state index contributed by atoms with van der Waals surface area (Å²) in [6.07, 6.45) is 1.48. The first-order chi connectivity index (χ1) is 13.2. The number of methoxy groups -OCH3 is 1. The van der Waals surface area contributed by atoms with Crippen LogP contribution in [0.4, 0.5) is 0 Å². The van der Waals surface area contributed by atoms with Crippen LogP contribution in [0.2, 0.25) is 0 Å². The summed E-state index contributed by atoms with van der Waals surface area (Å²) >= 11 is 1.19. The van der Waals surface area contributed by atoms with Crippen LogP contribution < -0.4 is 4.74 Å². The summed E-state index contributed by atoms with van der Waals surface area (Å²) in [7, 11) is 1.66. The van der Waals surface area contributed by atoms with E-state index in [1.54, 1.807) is 7.11 Å². The van der Waals surface area contributed by atoms with Crippen LogP contribution in [-0.4, -0.2) is 27.5 Å². The molecule has 1 aliphatic rings. The second-order valence-electron chi connectivity index (χ2n) is 6.60. The number of hydrogen-bond acceptors (Lipinski definition) is 5. The van der Waals surface area contributed by atoms with Gasteiger partial charge in [0.25, 0.3) is 5.91 Å². The molecule has 0 aliphatic carbocycles. The maximum absolute atomic E-state index is 13.4. The summed E-state index contributed by atoms with van der Waals surface area (Å²) in [5.41, 5.74) is 4.30. The highest BCUT2D eigenvalue weighted by atomic mass is 32.1. The summed E-state index contributed by atoms with van der Waals surface area (Å²) in [5.74, 6) is 0.817. The molecule has 0 N–H and O–H groups in total. The Morgan fingerprint density at radius 1 is 1.22 bits per heavy atom. The Morgan fingerprint density at radius 2 is 2.04 bits per heavy atom. The SMILES string of the molecule is CCc1nnsc1C(=O)N1Cc2cc(OC)ccc2CC1c1ccccc1. The molecule has 0 radical (unpaired) electrons. The van der Waals surface area contributed by atoms with Crippen molar-refractivity contribution in [1.29, 1.82) is 0 Å². The molecule has 1 atom stereocenters. The maximum Gasteiger partial charge on any atom is 0.268 e. The number of benzene rings is 2. The Hall–Kier alpha value is -2.73. The van der Waals surface area contributed by atoms with Crippen molar-refractivity contribution in [2.45, 2.75) is 32.4 Å². The number of rotatable bonds is 4. The van der Waals surface area contributed by atoms with E-state index in [0.29, 0.717) is 17.8 Å². The van der Waals surface area contributed by atoms with Gasteiger partial charge in [-0.3, -0.25) is 4.79 Å². The van der Waals surface area contributed by atoms with Gasteiger partial charge in [0, 0.05) is 6.54 Å². The summed E-state index contributed by atoms with van der Waals surface area (Å²) in [4.78, 5) is 16.0. The normalized spacial score (nSPS) is 16.1. The Balaban J connectivity index is 1.76. The molecule has 0 fully saturated rings. The van der Waals surface area contributed by atoms with Crippen LogP contribution in [0.15, 0.2) is 48.5 Å². The molecule has 6 heteroatoms. The summed E-state index contributed by atoms with van der Waals surface area (Å²) in [5, 5.41) is 4.12. The van der Waals surface area contributed by atoms with Gasteiger partial charge in [-0.15, -0.1) is 5.10 Å². The van der Waals surface area contributed by atoms with E-state index in [1.807, 2.05) is 42.2 Å². The molecule has 27 heavy (non-hydrogen) atoms. The van der Waals surface area contributed by atoms with Gasteiger partial charge in [0.2, 0.25) is 0 Å². The minimum absolute atomic E-state index is 0.00386. The van der Waals surface area contributed by atoms with Gasteiger partial charge in [0.05, 0.1) is 18.8 Å². The number of carbonyl (C=O) groups excluding carboxylic acids is 1. The molecule has 1 amide bonds. The lowest BCUT2D eigenvalue weighted by atomic mass is 9.89. The fourth-order valence-electron chi connectivity index (χ4n) is 3.61. The zero-order chi connectivity index (χ0) is 18.8. The molecule has 0 bridgehead atoms. The molecule has 1 aromatic heterocycles. The third-order valence-corrected chi connectivity index (χ3v) is 5.83. The number of nitrogens with zero attached hydrogens (tertiary/aromatic N) is 3. The molecule has 0 spiro atoms. The van der Waals surface area contributed by atoms with Crippen molar-refractivity contribution in [2.24, 2.45) is 0 Å². The minimum Gasteiger partial charge on any atom is -0.497 e. The average Bonchev–Trinajstić information content (AvgIpc) is 3.21. The van der Waals surface area contributed by atoms with E-state index in [1.165, 1.54) is 17.1 Å². The van der Waals surface area contributed by atoms with Crippen LogP contribution in [0.5, 0.6) is 5.75 Å². The van der Waals surface area contributed by atoms with Gasteiger partial charge in [-0.2, -0.15) is 0 Å². The number of fused-ring (bicyclic) bond motifs is 1. The summed E-state index contributed by atoms with van der Waals surface area (Å²) in [6, 6.07) is 16.3. The topological polar surface area (TPSA) is 55.3 Å². The first-order valence-corrected chi connectivity index (χ1v) is 9.81. The van der Waals surface area contributed by atoms with Crippen LogP contribution in [-0.2, 0) is 19.4 Å². The van der Waals surface area contributed by atoms with E-state index in [4.69, 9.17) is 4.74 Å². The highest BCUT2D eigenvalue weighted by Gasteiger charge is 2.33. The quantitative estimate of drug-likeness (QED) is 0.686. The van der Waals surface area contributed by atoms with Gasteiger partial charge in [0.15, 0.2) is 0 Å². The Labute approximate surface area is 162 Å². The summed E-state index contributed by atoms with van der Waals surface area (Å²) in [6.45, 7) is 2.55. The van der Waals surface area contributed by atoms with Gasteiger partial charge in [-0.25, -0.2) is 0 Å². The first-order valence-electron chi connectivity index (χ1n) is 9.04. The van der Waals surface area contributed by atoms with Crippen molar-refractivity contribution < 1.29 is 9.53 Å². The van der Waals surface area contributed by atoms with Crippen molar-refractivity contribution in [3.05, 3.63) is 75.8 Å². The van der Waals surface area contributed by atoms with Crippen molar-refractivity contribution in [3.63, 3.8) is 0 Å². The molecule has 1 aliphatic heterocycles. The standard InChI is InChI=1S/C21H21N3O2S/c1-3-18-20(27-23-22-18)21(25)24-13-16-11-17(26-2)10-9-15(16)12-19(24)14-7-5-4-6-8-14/h4-11,19H,3,12-13H2,1-2H3. The number of carbonyl (C=O) groups is 1. The number of amides is 1. The van der Waals surface area contributed by atoms with Gasteiger partial charge in [-0.05, 0) is 53.2 Å². The lowest BCUT2D eigenvalue weighted by molar-refractivity contribution is 0.0641.